The zero-order chi connectivity index (χ0) is 13.9. The van der Waals surface area contributed by atoms with Crippen LogP contribution in [0.3, 0.4) is 0 Å². The Labute approximate surface area is 117 Å². The first kappa shape index (κ1) is 12.8. The lowest BCUT2D eigenvalue weighted by molar-refractivity contribution is -0.127. The molecule has 20 heavy (non-hydrogen) atoms. The Hall–Kier alpha value is -2.17. The van der Waals surface area contributed by atoms with Gasteiger partial charge in [0.2, 0.25) is 12.3 Å². The lowest BCUT2D eigenvalue weighted by Gasteiger charge is -2.16. The van der Waals surface area contributed by atoms with Crippen molar-refractivity contribution < 1.29 is 9.32 Å². The molecule has 2 heterocycles. The molecule has 0 N–H and O–H groups in total. The Kier molecular flexibility index (Phi) is 3.50. The molecule has 0 aliphatic carbocycles. The van der Waals surface area contributed by atoms with Gasteiger partial charge < -0.3 is 9.42 Å². The summed E-state index contributed by atoms with van der Waals surface area (Å²) in [6.07, 6.45) is 2.67. The maximum Gasteiger partial charge on any atom is 0.223 e. The highest BCUT2D eigenvalue weighted by Crippen LogP contribution is 2.25. The summed E-state index contributed by atoms with van der Waals surface area (Å²) in [5.41, 5.74) is 2.51. The van der Waals surface area contributed by atoms with Gasteiger partial charge >= 0.3 is 0 Å². The Bertz CT molecular complexity index is 578. The molecule has 0 saturated carbocycles. The number of carbonyl (C=O) groups excluding carboxylic acids is 1. The second-order valence-electron chi connectivity index (χ2n) is 5.27. The second kappa shape index (κ2) is 5.45. The van der Waals surface area contributed by atoms with Crippen LogP contribution < -0.4 is 0 Å². The van der Waals surface area contributed by atoms with Crippen LogP contribution in [0.25, 0.3) is 0 Å². The number of aryl methyl sites for hydroxylation is 1. The molecule has 1 fully saturated rings. The van der Waals surface area contributed by atoms with Crippen molar-refractivity contribution in [2.24, 2.45) is 0 Å². The predicted molar refractivity (Wildman–Crippen MR) is 73.1 cm³/mol. The lowest BCUT2D eigenvalue weighted by Crippen LogP contribution is -2.27. The van der Waals surface area contributed by atoms with Gasteiger partial charge in [-0.2, -0.15) is 4.98 Å². The summed E-state index contributed by atoms with van der Waals surface area (Å²) < 4.78 is 4.75. The third-order valence-corrected chi connectivity index (χ3v) is 3.75. The van der Waals surface area contributed by atoms with Gasteiger partial charge in [0.1, 0.15) is 0 Å². The number of likely N-dealkylation sites (tertiary alicyclic amines) is 1. The number of nitrogens with zero attached hydrogens (tertiary/aromatic N) is 3. The molecule has 2 aromatic rings. The monoisotopic (exact) mass is 271 g/mol. The standard InChI is InChI=1S/C15H17N3O2/c1-11-2-4-12(5-3-11)6-7-18-9-13(8-14(18)19)15-16-10-20-17-15/h2-5,10,13H,6-9H2,1H3. The van der Waals surface area contributed by atoms with Gasteiger partial charge in [0.15, 0.2) is 5.82 Å². The maximum absolute atomic E-state index is 12.0. The summed E-state index contributed by atoms with van der Waals surface area (Å²) in [7, 11) is 0. The number of benzene rings is 1. The molecule has 1 atom stereocenters. The molecule has 5 heteroatoms. The van der Waals surface area contributed by atoms with Crippen molar-refractivity contribution in [2.45, 2.75) is 25.7 Å². The van der Waals surface area contributed by atoms with E-state index in [1.807, 2.05) is 4.90 Å². The van der Waals surface area contributed by atoms with E-state index in [9.17, 15) is 4.79 Å². The highest BCUT2D eigenvalue weighted by molar-refractivity contribution is 5.79. The number of hydrogen-bond acceptors (Lipinski definition) is 4. The smallest absolute Gasteiger partial charge is 0.223 e. The summed E-state index contributed by atoms with van der Waals surface area (Å²) in [5.74, 6) is 0.877. The van der Waals surface area contributed by atoms with Gasteiger partial charge in [-0.15, -0.1) is 0 Å². The largest absolute Gasteiger partial charge is 0.343 e. The fourth-order valence-electron chi connectivity index (χ4n) is 2.54. The fraction of sp³-hybridized carbons (Fsp3) is 0.400. The average molecular weight is 271 g/mol. The molecule has 1 aromatic carbocycles. The molecule has 1 amide bonds. The quantitative estimate of drug-likeness (QED) is 0.852. The van der Waals surface area contributed by atoms with E-state index in [1.165, 1.54) is 17.5 Å². The van der Waals surface area contributed by atoms with Gasteiger partial charge in [-0.3, -0.25) is 4.79 Å². The van der Waals surface area contributed by atoms with Gasteiger partial charge in [-0.25, -0.2) is 0 Å². The van der Waals surface area contributed by atoms with Crippen molar-refractivity contribution in [1.29, 1.82) is 0 Å². The van der Waals surface area contributed by atoms with E-state index in [0.717, 1.165) is 13.0 Å². The van der Waals surface area contributed by atoms with E-state index in [1.54, 1.807) is 0 Å². The number of hydrogen-bond donors (Lipinski definition) is 0. The first-order valence-corrected chi connectivity index (χ1v) is 6.82. The summed E-state index contributed by atoms with van der Waals surface area (Å²) in [6.45, 7) is 3.50. The molecule has 1 unspecified atom stereocenters. The molecular weight excluding hydrogens is 254 g/mol. The molecule has 1 aliphatic rings. The highest BCUT2D eigenvalue weighted by atomic mass is 16.5. The molecule has 1 aliphatic heterocycles. The maximum atomic E-state index is 12.0. The highest BCUT2D eigenvalue weighted by Gasteiger charge is 2.32. The van der Waals surface area contributed by atoms with E-state index in [4.69, 9.17) is 4.52 Å². The minimum atomic E-state index is 0.0688. The first-order valence-electron chi connectivity index (χ1n) is 6.82. The van der Waals surface area contributed by atoms with E-state index < -0.39 is 0 Å². The molecule has 104 valence electrons. The van der Waals surface area contributed by atoms with Gasteiger partial charge in [-0.1, -0.05) is 35.0 Å². The number of aromatic nitrogens is 2. The van der Waals surface area contributed by atoms with E-state index in [2.05, 4.69) is 41.3 Å². The summed E-state index contributed by atoms with van der Waals surface area (Å²) >= 11 is 0. The van der Waals surface area contributed by atoms with Crippen LogP contribution in [0.1, 0.15) is 29.3 Å². The molecular formula is C15H17N3O2. The Morgan fingerprint density at radius 1 is 1.35 bits per heavy atom. The Balaban J connectivity index is 1.58. The normalized spacial score (nSPS) is 18.8. The zero-order valence-electron chi connectivity index (χ0n) is 11.5. The molecule has 5 nitrogen and oxygen atoms in total. The SMILES string of the molecule is Cc1ccc(CCN2CC(c3ncon3)CC2=O)cc1. The number of amides is 1. The van der Waals surface area contributed by atoms with Gasteiger partial charge in [0, 0.05) is 25.4 Å². The van der Waals surface area contributed by atoms with Crippen LogP contribution in [-0.4, -0.2) is 34.0 Å². The average Bonchev–Trinajstić information content (AvgIpc) is 3.08. The topological polar surface area (TPSA) is 59.2 Å². The molecule has 0 spiro atoms. The van der Waals surface area contributed by atoms with Crippen molar-refractivity contribution in [3.05, 3.63) is 47.6 Å². The molecule has 1 aromatic heterocycles. The van der Waals surface area contributed by atoms with E-state index in [0.29, 0.717) is 18.8 Å². The minimum Gasteiger partial charge on any atom is -0.343 e. The van der Waals surface area contributed by atoms with Crippen LogP contribution in [0.2, 0.25) is 0 Å². The van der Waals surface area contributed by atoms with Crippen LogP contribution in [0.15, 0.2) is 35.2 Å². The predicted octanol–water partition coefficient (Wildman–Crippen LogP) is 1.94. The summed E-state index contributed by atoms with van der Waals surface area (Å²) in [5, 5.41) is 3.83. The molecule has 0 bridgehead atoms. The number of rotatable bonds is 4. The van der Waals surface area contributed by atoms with Crippen molar-refractivity contribution in [2.75, 3.05) is 13.1 Å². The third kappa shape index (κ3) is 2.71. The summed E-state index contributed by atoms with van der Waals surface area (Å²) in [6, 6.07) is 8.44. The zero-order valence-corrected chi connectivity index (χ0v) is 11.5. The Morgan fingerprint density at radius 3 is 2.85 bits per heavy atom. The van der Waals surface area contributed by atoms with Crippen LogP contribution in [0, 0.1) is 6.92 Å². The van der Waals surface area contributed by atoms with Crippen LogP contribution >= 0.6 is 0 Å². The fourth-order valence-corrected chi connectivity index (χ4v) is 2.54. The van der Waals surface area contributed by atoms with Gasteiger partial charge in [0.25, 0.3) is 0 Å². The first-order chi connectivity index (χ1) is 9.72. The second-order valence-corrected chi connectivity index (χ2v) is 5.27. The van der Waals surface area contributed by atoms with Crippen molar-refractivity contribution in [1.82, 2.24) is 15.0 Å². The third-order valence-electron chi connectivity index (χ3n) is 3.75. The van der Waals surface area contributed by atoms with E-state index in [-0.39, 0.29) is 11.8 Å². The molecule has 3 rings (SSSR count). The lowest BCUT2D eigenvalue weighted by atomic mass is 10.1. The van der Waals surface area contributed by atoms with Crippen molar-refractivity contribution >= 4 is 5.91 Å². The molecule has 0 radical (unpaired) electrons. The van der Waals surface area contributed by atoms with Crippen LogP contribution in [0.5, 0.6) is 0 Å². The van der Waals surface area contributed by atoms with Crippen molar-refractivity contribution in [3.8, 4) is 0 Å². The van der Waals surface area contributed by atoms with Crippen molar-refractivity contribution in [3.63, 3.8) is 0 Å². The van der Waals surface area contributed by atoms with E-state index >= 15 is 0 Å². The number of carbonyl (C=O) groups is 1. The van der Waals surface area contributed by atoms with Gasteiger partial charge in [-0.05, 0) is 18.9 Å². The van der Waals surface area contributed by atoms with Gasteiger partial charge in [0.05, 0.1) is 0 Å². The van der Waals surface area contributed by atoms with Crippen LogP contribution in [-0.2, 0) is 11.2 Å². The summed E-state index contributed by atoms with van der Waals surface area (Å²) in [4.78, 5) is 17.9. The molecule has 1 saturated heterocycles. The minimum absolute atomic E-state index is 0.0688. The Morgan fingerprint density at radius 2 is 2.15 bits per heavy atom. The van der Waals surface area contributed by atoms with Crippen LogP contribution in [0.4, 0.5) is 0 Å².